The summed E-state index contributed by atoms with van der Waals surface area (Å²) in [6.07, 6.45) is 1.55. The van der Waals surface area contributed by atoms with Gasteiger partial charge in [-0.2, -0.15) is 5.10 Å². The number of carbonyl (C=O) groups excluding carboxylic acids is 1. The summed E-state index contributed by atoms with van der Waals surface area (Å²) in [5, 5.41) is 4.55. The van der Waals surface area contributed by atoms with Crippen LogP contribution in [0.2, 0.25) is 0 Å². The van der Waals surface area contributed by atoms with Gasteiger partial charge in [0.25, 0.3) is 5.91 Å². The Morgan fingerprint density at radius 2 is 1.96 bits per heavy atom. The number of rotatable bonds is 8. The second-order valence-electron chi connectivity index (χ2n) is 5.36. The van der Waals surface area contributed by atoms with E-state index in [0.29, 0.717) is 23.3 Å². The Hall–Kier alpha value is -2.61. The van der Waals surface area contributed by atoms with Crippen molar-refractivity contribution in [1.82, 2.24) is 15.4 Å². The first-order valence-electron chi connectivity index (χ1n) is 8.09. The second kappa shape index (κ2) is 9.76. The van der Waals surface area contributed by atoms with Crippen LogP contribution in [0, 0.1) is 13.8 Å². The van der Waals surface area contributed by atoms with Crippen LogP contribution in [0.25, 0.3) is 0 Å². The molecular formula is C18H22N4O3S. The van der Waals surface area contributed by atoms with Gasteiger partial charge in [-0.25, -0.2) is 15.4 Å². The standard InChI is InChI=1S/C18H22N4O3S/c1-5-25-15-7-6-14(9-16(15)24-4)10-19-22-17(23)11-26-18-20-12(2)8-13(3)21-18/h6-10H,5,11H2,1-4H3,(H,22,23)/b19-10-. The van der Waals surface area contributed by atoms with E-state index in [2.05, 4.69) is 20.5 Å². The molecule has 1 N–H and O–H groups in total. The summed E-state index contributed by atoms with van der Waals surface area (Å²) in [4.78, 5) is 20.5. The van der Waals surface area contributed by atoms with Crippen LogP contribution >= 0.6 is 11.8 Å². The van der Waals surface area contributed by atoms with Crippen molar-refractivity contribution in [2.45, 2.75) is 25.9 Å². The highest BCUT2D eigenvalue weighted by molar-refractivity contribution is 7.99. The molecule has 1 amide bonds. The molecule has 0 fully saturated rings. The van der Waals surface area contributed by atoms with E-state index in [1.54, 1.807) is 25.5 Å². The van der Waals surface area contributed by atoms with Gasteiger partial charge in [0.2, 0.25) is 0 Å². The first-order chi connectivity index (χ1) is 12.5. The molecular weight excluding hydrogens is 352 g/mol. The zero-order valence-corrected chi connectivity index (χ0v) is 16.1. The number of nitrogens with one attached hydrogen (secondary N) is 1. The van der Waals surface area contributed by atoms with Crippen LogP contribution in [-0.4, -0.2) is 41.6 Å². The number of aryl methyl sites for hydroxylation is 2. The number of hydrogen-bond acceptors (Lipinski definition) is 7. The lowest BCUT2D eigenvalue weighted by molar-refractivity contribution is -0.118. The number of hydrazone groups is 1. The molecule has 2 rings (SSSR count). The molecule has 0 saturated heterocycles. The van der Waals surface area contributed by atoms with Gasteiger partial charge in [-0.3, -0.25) is 4.79 Å². The molecule has 26 heavy (non-hydrogen) atoms. The molecule has 2 aromatic rings. The molecule has 7 nitrogen and oxygen atoms in total. The van der Waals surface area contributed by atoms with Gasteiger partial charge in [0.1, 0.15) is 0 Å². The first kappa shape index (κ1) is 19.7. The third kappa shape index (κ3) is 6.03. The van der Waals surface area contributed by atoms with Gasteiger partial charge in [-0.15, -0.1) is 0 Å². The average Bonchev–Trinajstić information content (AvgIpc) is 2.60. The number of aromatic nitrogens is 2. The van der Waals surface area contributed by atoms with Crippen molar-refractivity contribution in [3.63, 3.8) is 0 Å². The molecule has 1 aromatic heterocycles. The lowest BCUT2D eigenvalue weighted by Gasteiger charge is -2.09. The van der Waals surface area contributed by atoms with Crippen molar-refractivity contribution >= 4 is 23.9 Å². The quantitative estimate of drug-likeness (QED) is 0.331. The zero-order chi connectivity index (χ0) is 18.9. The highest BCUT2D eigenvalue weighted by Gasteiger charge is 2.06. The Bertz CT molecular complexity index is 776. The molecule has 0 bridgehead atoms. The minimum Gasteiger partial charge on any atom is -0.493 e. The van der Waals surface area contributed by atoms with Crippen molar-refractivity contribution in [3.8, 4) is 11.5 Å². The van der Waals surface area contributed by atoms with Gasteiger partial charge in [0, 0.05) is 11.4 Å². The molecule has 0 aliphatic rings. The van der Waals surface area contributed by atoms with Crippen molar-refractivity contribution in [2.75, 3.05) is 19.5 Å². The van der Waals surface area contributed by atoms with Crippen molar-refractivity contribution < 1.29 is 14.3 Å². The summed E-state index contributed by atoms with van der Waals surface area (Å²) in [6, 6.07) is 7.32. The van der Waals surface area contributed by atoms with Crippen LogP contribution < -0.4 is 14.9 Å². The van der Waals surface area contributed by atoms with E-state index in [1.807, 2.05) is 32.9 Å². The average molecular weight is 374 g/mol. The van der Waals surface area contributed by atoms with Crippen LogP contribution in [0.3, 0.4) is 0 Å². The molecule has 0 spiro atoms. The molecule has 0 saturated carbocycles. The van der Waals surface area contributed by atoms with E-state index in [1.165, 1.54) is 11.8 Å². The fourth-order valence-electron chi connectivity index (χ4n) is 2.14. The lowest BCUT2D eigenvalue weighted by Crippen LogP contribution is -2.19. The Labute approximate surface area is 157 Å². The Morgan fingerprint density at radius 1 is 1.23 bits per heavy atom. The molecule has 0 unspecified atom stereocenters. The predicted molar refractivity (Wildman–Crippen MR) is 102 cm³/mol. The maximum atomic E-state index is 11.9. The third-order valence-electron chi connectivity index (χ3n) is 3.18. The summed E-state index contributed by atoms with van der Waals surface area (Å²) < 4.78 is 10.7. The third-order valence-corrected chi connectivity index (χ3v) is 4.03. The van der Waals surface area contributed by atoms with E-state index >= 15 is 0 Å². The van der Waals surface area contributed by atoms with Crippen molar-refractivity contribution in [2.24, 2.45) is 5.10 Å². The van der Waals surface area contributed by atoms with Crippen LogP contribution in [0.1, 0.15) is 23.9 Å². The summed E-state index contributed by atoms with van der Waals surface area (Å²) in [5.74, 6) is 1.24. The monoisotopic (exact) mass is 374 g/mol. The fourth-order valence-corrected chi connectivity index (χ4v) is 2.88. The topological polar surface area (TPSA) is 85.7 Å². The molecule has 0 aliphatic heterocycles. The molecule has 8 heteroatoms. The second-order valence-corrected chi connectivity index (χ2v) is 6.30. The van der Waals surface area contributed by atoms with Crippen LogP contribution in [0.4, 0.5) is 0 Å². The Balaban J connectivity index is 1.88. The number of ether oxygens (including phenoxy) is 2. The Morgan fingerprint density at radius 3 is 2.62 bits per heavy atom. The molecule has 138 valence electrons. The maximum Gasteiger partial charge on any atom is 0.250 e. The number of carbonyl (C=O) groups is 1. The molecule has 0 radical (unpaired) electrons. The fraction of sp³-hybridized carbons (Fsp3) is 0.333. The smallest absolute Gasteiger partial charge is 0.250 e. The van der Waals surface area contributed by atoms with Crippen LogP contribution in [0.15, 0.2) is 34.5 Å². The largest absolute Gasteiger partial charge is 0.493 e. The minimum atomic E-state index is -0.230. The molecule has 1 aromatic carbocycles. The van der Waals surface area contributed by atoms with Crippen molar-refractivity contribution in [1.29, 1.82) is 0 Å². The van der Waals surface area contributed by atoms with Gasteiger partial charge in [-0.1, -0.05) is 11.8 Å². The number of hydrogen-bond donors (Lipinski definition) is 1. The van der Waals surface area contributed by atoms with Crippen LogP contribution in [0.5, 0.6) is 11.5 Å². The normalized spacial score (nSPS) is 10.8. The van der Waals surface area contributed by atoms with Gasteiger partial charge in [-0.05, 0) is 50.6 Å². The Kier molecular flexibility index (Phi) is 7.40. The predicted octanol–water partition coefficient (Wildman–Crippen LogP) is 2.74. The van der Waals surface area contributed by atoms with E-state index in [0.717, 1.165) is 17.0 Å². The molecule has 1 heterocycles. The number of methoxy groups -OCH3 is 1. The summed E-state index contributed by atoms with van der Waals surface area (Å²) in [5.41, 5.74) is 5.03. The zero-order valence-electron chi connectivity index (χ0n) is 15.3. The minimum absolute atomic E-state index is 0.187. The summed E-state index contributed by atoms with van der Waals surface area (Å²) in [6.45, 7) is 6.26. The number of benzene rings is 1. The van der Waals surface area contributed by atoms with E-state index in [4.69, 9.17) is 9.47 Å². The number of thioether (sulfide) groups is 1. The van der Waals surface area contributed by atoms with Gasteiger partial charge < -0.3 is 9.47 Å². The van der Waals surface area contributed by atoms with E-state index in [9.17, 15) is 4.79 Å². The van der Waals surface area contributed by atoms with Gasteiger partial charge >= 0.3 is 0 Å². The van der Waals surface area contributed by atoms with Crippen molar-refractivity contribution in [3.05, 3.63) is 41.2 Å². The number of nitrogens with zero attached hydrogens (tertiary/aromatic N) is 3. The summed E-state index contributed by atoms with van der Waals surface area (Å²) >= 11 is 1.27. The highest BCUT2D eigenvalue weighted by Crippen LogP contribution is 2.27. The van der Waals surface area contributed by atoms with Gasteiger partial charge in [0.15, 0.2) is 16.7 Å². The number of amides is 1. The first-order valence-corrected chi connectivity index (χ1v) is 9.08. The lowest BCUT2D eigenvalue weighted by atomic mass is 10.2. The SMILES string of the molecule is CCOc1ccc(/C=N\NC(=O)CSc2nc(C)cc(C)n2)cc1OC. The highest BCUT2D eigenvalue weighted by atomic mass is 32.2. The van der Waals surface area contributed by atoms with E-state index in [-0.39, 0.29) is 11.7 Å². The van der Waals surface area contributed by atoms with Crippen LogP contribution in [-0.2, 0) is 4.79 Å². The maximum absolute atomic E-state index is 11.9. The van der Waals surface area contributed by atoms with E-state index < -0.39 is 0 Å². The molecule has 0 aliphatic carbocycles. The molecule has 0 atom stereocenters. The van der Waals surface area contributed by atoms with Gasteiger partial charge in [0.05, 0.1) is 25.7 Å². The summed E-state index contributed by atoms with van der Waals surface area (Å²) in [7, 11) is 1.58.